The van der Waals surface area contributed by atoms with Crippen LogP contribution in [-0.2, 0) is 0 Å². The molecule has 0 amide bonds. The van der Waals surface area contributed by atoms with Gasteiger partial charge in [-0.3, -0.25) is 0 Å². The van der Waals surface area contributed by atoms with Gasteiger partial charge in [-0.05, 0) is 37.3 Å². The van der Waals surface area contributed by atoms with Crippen molar-refractivity contribution in [3.63, 3.8) is 0 Å². The summed E-state index contributed by atoms with van der Waals surface area (Å²) in [4.78, 5) is 8.47. The number of aryl methyl sites for hydroxylation is 1. The van der Waals surface area contributed by atoms with E-state index in [1.54, 1.807) is 24.4 Å². The Balaban J connectivity index is 2.29. The highest BCUT2D eigenvalue weighted by molar-refractivity contribution is 9.10. The second-order valence-electron chi connectivity index (χ2n) is 3.60. The highest BCUT2D eigenvalue weighted by Crippen LogP contribution is 2.20. The number of hydrogen-bond acceptors (Lipinski definition) is 3. The number of nitrogens with zero attached hydrogens (tertiary/aromatic N) is 2. The van der Waals surface area contributed by atoms with Crippen molar-refractivity contribution < 1.29 is 5.11 Å². The molecule has 1 aromatic carbocycles. The summed E-state index contributed by atoms with van der Waals surface area (Å²) in [5.41, 5.74) is 1.57. The van der Waals surface area contributed by atoms with Crippen LogP contribution in [0.4, 0.5) is 5.82 Å². The number of benzene rings is 1. The summed E-state index contributed by atoms with van der Waals surface area (Å²) >= 11 is 3.35. The van der Waals surface area contributed by atoms with Crippen LogP contribution in [0.3, 0.4) is 0 Å². The lowest BCUT2D eigenvalue weighted by Gasteiger charge is -1.99. The van der Waals surface area contributed by atoms with Crippen molar-refractivity contribution in [1.29, 1.82) is 0 Å². The van der Waals surface area contributed by atoms with Gasteiger partial charge in [-0.15, -0.1) is 0 Å². The number of pyridine rings is 1. The number of halogens is 1. The van der Waals surface area contributed by atoms with Crippen molar-refractivity contribution in [2.24, 2.45) is 4.99 Å². The summed E-state index contributed by atoms with van der Waals surface area (Å²) in [6.07, 6.45) is 1.60. The molecule has 17 heavy (non-hydrogen) atoms. The van der Waals surface area contributed by atoms with Gasteiger partial charge in [0.1, 0.15) is 5.75 Å². The molecule has 0 fully saturated rings. The topological polar surface area (TPSA) is 45.5 Å². The molecule has 0 unspecified atom stereocenters. The first-order chi connectivity index (χ1) is 8.15. The summed E-state index contributed by atoms with van der Waals surface area (Å²) in [5, 5.41) is 9.64. The van der Waals surface area contributed by atoms with Crippen molar-refractivity contribution >= 4 is 28.0 Å². The summed E-state index contributed by atoms with van der Waals surface area (Å²) in [6.45, 7) is 1.91. The minimum Gasteiger partial charge on any atom is -0.507 e. The third-order valence-electron chi connectivity index (χ3n) is 2.20. The largest absolute Gasteiger partial charge is 0.507 e. The number of aromatic hydroxyl groups is 1. The van der Waals surface area contributed by atoms with E-state index in [1.807, 2.05) is 25.1 Å². The first-order valence-corrected chi connectivity index (χ1v) is 5.91. The molecule has 1 heterocycles. The van der Waals surface area contributed by atoms with E-state index in [9.17, 15) is 5.11 Å². The number of phenolic OH excluding ortho intramolecular Hbond substituents is 1. The maximum absolute atomic E-state index is 9.64. The molecule has 0 radical (unpaired) electrons. The van der Waals surface area contributed by atoms with Crippen LogP contribution in [-0.4, -0.2) is 16.3 Å². The standard InChI is InChI=1S/C13H11BrN2O/c1-9-3-2-4-13(16-9)15-8-10-7-11(14)5-6-12(10)17/h2-8,17H,1H3/b15-8+. The normalized spacial score (nSPS) is 10.9. The summed E-state index contributed by atoms with van der Waals surface area (Å²) < 4.78 is 0.897. The van der Waals surface area contributed by atoms with Gasteiger partial charge in [0.05, 0.1) is 0 Å². The van der Waals surface area contributed by atoms with Gasteiger partial charge in [-0.25, -0.2) is 9.98 Å². The Hall–Kier alpha value is -1.68. The van der Waals surface area contributed by atoms with Crippen molar-refractivity contribution in [1.82, 2.24) is 4.98 Å². The lowest BCUT2D eigenvalue weighted by molar-refractivity contribution is 0.474. The van der Waals surface area contributed by atoms with Gasteiger partial charge in [0.25, 0.3) is 0 Å². The van der Waals surface area contributed by atoms with Gasteiger partial charge >= 0.3 is 0 Å². The number of rotatable bonds is 2. The molecule has 0 spiro atoms. The maximum Gasteiger partial charge on any atom is 0.152 e. The quantitative estimate of drug-likeness (QED) is 0.859. The zero-order valence-electron chi connectivity index (χ0n) is 9.26. The van der Waals surface area contributed by atoms with Crippen LogP contribution >= 0.6 is 15.9 Å². The Labute approximate surface area is 108 Å². The van der Waals surface area contributed by atoms with Gasteiger partial charge < -0.3 is 5.11 Å². The van der Waals surface area contributed by atoms with Crippen molar-refractivity contribution in [3.8, 4) is 5.75 Å². The van der Waals surface area contributed by atoms with Gasteiger partial charge in [-0.2, -0.15) is 0 Å². The third kappa shape index (κ3) is 3.14. The summed E-state index contributed by atoms with van der Waals surface area (Å²) in [7, 11) is 0. The zero-order chi connectivity index (χ0) is 12.3. The minimum atomic E-state index is 0.199. The molecule has 0 saturated carbocycles. The van der Waals surface area contributed by atoms with Crippen LogP contribution in [0, 0.1) is 6.92 Å². The average molecular weight is 291 g/mol. The van der Waals surface area contributed by atoms with E-state index >= 15 is 0 Å². The minimum absolute atomic E-state index is 0.199. The second kappa shape index (κ2) is 5.10. The molecule has 1 N–H and O–H groups in total. The highest BCUT2D eigenvalue weighted by Gasteiger charge is 1.98. The Morgan fingerprint density at radius 1 is 1.29 bits per heavy atom. The third-order valence-corrected chi connectivity index (χ3v) is 2.69. The number of phenols is 1. The van der Waals surface area contributed by atoms with E-state index < -0.39 is 0 Å². The predicted molar refractivity (Wildman–Crippen MR) is 72.0 cm³/mol. The molecule has 86 valence electrons. The molecule has 3 nitrogen and oxygen atoms in total. The van der Waals surface area contributed by atoms with Gasteiger partial charge in [0, 0.05) is 21.9 Å². The molecule has 2 aromatic rings. The fraction of sp³-hybridized carbons (Fsp3) is 0.0769. The SMILES string of the molecule is Cc1cccc(/N=C/c2cc(Br)ccc2O)n1. The molecule has 0 atom stereocenters. The number of hydrogen-bond donors (Lipinski definition) is 1. The van der Waals surface area contributed by atoms with E-state index in [0.717, 1.165) is 10.2 Å². The molecule has 2 rings (SSSR count). The van der Waals surface area contributed by atoms with Crippen LogP contribution in [0.25, 0.3) is 0 Å². The Bertz CT molecular complexity index is 567. The Kier molecular flexibility index (Phi) is 3.54. The van der Waals surface area contributed by atoms with Crippen LogP contribution in [0.15, 0.2) is 45.9 Å². The molecule has 0 bridgehead atoms. The van der Waals surface area contributed by atoms with Crippen LogP contribution in [0.1, 0.15) is 11.3 Å². The zero-order valence-corrected chi connectivity index (χ0v) is 10.8. The molecule has 4 heteroatoms. The lowest BCUT2D eigenvalue weighted by Crippen LogP contribution is -1.84. The van der Waals surface area contributed by atoms with E-state index in [2.05, 4.69) is 25.9 Å². The fourth-order valence-electron chi connectivity index (χ4n) is 1.37. The molecular weight excluding hydrogens is 280 g/mol. The van der Waals surface area contributed by atoms with E-state index in [0.29, 0.717) is 11.4 Å². The van der Waals surface area contributed by atoms with Gasteiger partial charge in [0.2, 0.25) is 0 Å². The van der Waals surface area contributed by atoms with Gasteiger partial charge in [0.15, 0.2) is 5.82 Å². The van der Waals surface area contributed by atoms with Crippen LogP contribution < -0.4 is 0 Å². The monoisotopic (exact) mass is 290 g/mol. The molecule has 0 aliphatic carbocycles. The first kappa shape index (κ1) is 11.8. The lowest BCUT2D eigenvalue weighted by atomic mass is 10.2. The Morgan fingerprint density at radius 2 is 2.12 bits per heavy atom. The number of aliphatic imine (C=N–C) groups is 1. The van der Waals surface area contributed by atoms with Crippen molar-refractivity contribution in [2.75, 3.05) is 0 Å². The summed E-state index contributed by atoms with van der Waals surface area (Å²) in [5.74, 6) is 0.828. The predicted octanol–water partition coefficient (Wildman–Crippen LogP) is 3.61. The maximum atomic E-state index is 9.64. The van der Waals surface area contributed by atoms with Crippen molar-refractivity contribution in [2.45, 2.75) is 6.92 Å². The molecule has 0 aliphatic heterocycles. The van der Waals surface area contributed by atoms with E-state index in [1.165, 1.54) is 0 Å². The summed E-state index contributed by atoms with van der Waals surface area (Å²) in [6, 6.07) is 10.8. The molecule has 0 saturated heterocycles. The Morgan fingerprint density at radius 3 is 2.88 bits per heavy atom. The fourth-order valence-corrected chi connectivity index (χ4v) is 1.74. The van der Waals surface area contributed by atoms with E-state index in [4.69, 9.17) is 0 Å². The molecular formula is C13H11BrN2O. The van der Waals surface area contributed by atoms with Crippen LogP contribution in [0.5, 0.6) is 5.75 Å². The first-order valence-electron chi connectivity index (χ1n) is 5.11. The van der Waals surface area contributed by atoms with Crippen molar-refractivity contribution in [3.05, 3.63) is 52.1 Å². The number of aromatic nitrogens is 1. The highest BCUT2D eigenvalue weighted by atomic mass is 79.9. The smallest absolute Gasteiger partial charge is 0.152 e. The average Bonchev–Trinajstić information content (AvgIpc) is 2.30. The molecule has 0 aliphatic rings. The molecule has 1 aromatic heterocycles. The van der Waals surface area contributed by atoms with Gasteiger partial charge in [-0.1, -0.05) is 22.0 Å². The van der Waals surface area contributed by atoms with E-state index in [-0.39, 0.29) is 5.75 Å². The second-order valence-corrected chi connectivity index (χ2v) is 4.51. The van der Waals surface area contributed by atoms with Crippen LogP contribution in [0.2, 0.25) is 0 Å².